The smallest absolute Gasteiger partial charge is 0.331 e. The van der Waals surface area contributed by atoms with Crippen LogP contribution < -0.4 is 0 Å². The largest absolute Gasteiger partial charge is 0.463 e. The molecular weight excluding hydrogens is 268 g/mol. The maximum Gasteiger partial charge on any atom is 0.331 e. The van der Waals surface area contributed by atoms with Crippen LogP contribution >= 0.6 is 0 Å². The van der Waals surface area contributed by atoms with Crippen molar-refractivity contribution in [2.75, 3.05) is 13.2 Å². The summed E-state index contributed by atoms with van der Waals surface area (Å²) in [6, 6.07) is 0. The summed E-state index contributed by atoms with van der Waals surface area (Å²) in [5.41, 5.74) is 0. The SMILES string of the molecule is CCCCCOC(=O)/C=C/C(=O)OCC(CC)CCCC. The Kier molecular flexibility index (Phi) is 12.8. The van der Waals surface area contributed by atoms with Gasteiger partial charge in [-0.2, -0.15) is 0 Å². The van der Waals surface area contributed by atoms with Crippen LogP contribution in [0.15, 0.2) is 12.2 Å². The molecule has 4 heteroatoms. The van der Waals surface area contributed by atoms with Crippen molar-refractivity contribution in [2.24, 2.45) is 5.92 Å². The lowest BCUT2D eigenvalue weighted by atomic mass is 10.0. The minimum Gasteiger partial charge on any atom is -0.463 e. The monoisotopic (exact) mass is 298 g/mol. The van der Waals surface area contributed by atoms with Gasteiger partial charge in [0.1, 0.15) is 0 Å². The number of esters is 2. The lowest BCUT2D eigenvalue weighted by Crippen LogP contribution is -2.12. The van der Waals surface area contributed by atoms with E-state index in [1.807, 2.05) is 0 Å². The molecule has 1 atom stereocenters. The molecule has 0 saturated carbocycles. The molecule has 0 heterocycles. The highest BCUT2D eigenvalue weighted by atomic mass is 16.5. The number of carbonyl (C=O) groups excluding carboxylic acids is 2. The first-order chi connectivity index (χ1) is 10.1. The van der Waals surface area contributed by atoms with E-state index in [2.05, 4.69) is 20.8 Å². The minimum atomic E-state index is -0.485. The van der Waals surface area contributed by atoms with Gasteiger partial charge in [0, 0.05) is 12.2 Å². The molecule has 0 aliphatic carbocycles. The van der Waals surface area contributed by atoms with E-state index in [4.69, 9.17) is 9.47 Å². The summed E-state index contributed by atoms with van der Waals surface area (Å²) >= 11 is 0. The maximum atomic E-state index is 11.5. The van der Waals surface area contributed by atoms with Crippen LogP contribution in [0.5, 0.6) is 0 Å². The normalized spacial score (nSPS) is 12.3. The van der Waals surface area contributed by atoms with E-state index in [-0.39, 0.29) is 0 Å². The maximum absolute atomic E-state index is 11.5. The number of ether oxygens (including phenoxy) is 2. The van der Waals surface area contributed by atoms with Crippen molar-refractivity contribution in [1.82, 2.24) is 0 Å². The number of hydrogen-bond donors (Lipinski definition) is 0. The fourth-order valence-corrected chi connectivity index (χ4v) is 1.86. The minimum absolute atomic E-state index is 0.404. The first kappa shape index (κ1) is 19.7. The second kappa shape index (κ2) is 13.7. The second-order valence-corrected chi connectivity index (χ2v) is 5.25. The van der Waals surface area contributed by atoms with Gasteiger partial charge in [0.25, 0.3) is 0 Å². The van der Waals surface area contributed by atoms with Gasteiger partial charge in [-0.05, 0) is 18.8 Å². The Bertz CT molecular complexity index is 310. The lowest BCUT2D eigenvalue weighted by molar-refractivity contribution is -0.141. The molecule has 0 aromatic carbocycles. The molecule has 1 unspecified atom stereocenters. The molecule has 0 aliphatic heterocycles. The summed E-state index contributed by atoms with van der Waals surface area (Å²) in [4.78, 5) is 22.8. The molecule has 4 nitrogen and oxygen atoms in total. The summed E-state index contributed by atoms with van der Waals surface area (Å²) in [6.07, 6.45) is 9.63. The molecule has 0 amide bonds. The Labute approximate surface area is 128 Å². The molecule has 0 saturated heterocycles. The predicted molar refractivity (Wildman–Crippen MR) is 83.9 cm³/mol. The van der Waals surface area contributed by atoms with Crippen molar-refractivity contribution in [1.29, 1.82) is 0 Å². The molecule has 0 N–H and O–H groups in total. The van der Waals surface area contributed by atoms with Gasteiger partial charge in [-0.15, -0.1) is 0 Å². The van der Waals surface area contributed by atoms with E-state index >= 15 is 0 Å². The highest BCUT2D eigenvalue weighted by Gasteiger charge is 2.08. The van der Waals surface area contributed by atoms with Crippen molar-refractivity contribution in [3.05, 3.63) is 12.2 Å². The third-order valence-electron chi connectivity index (χ3n) is 3.35. The third kappa shape index (κ3) is 12.2. The lowest BCUT2D eigenvalue weighted by Gasteiger charge is -2.13. The average Bonchev–Trinajstić information content (AvgIpc) is 2.49. The molecule has 122 valence electrons. The van der Waals surface area contributed by atoms with Gasteiger partial charge < -0.3 is 9.47 Å². The topological polar surface area (TPSA) is 52.6 Å². The van der Waals surface area contributed by atoms with Crippen LogP contribution in [0.3, 0.4) is 0 Å². The Morgan fingerprint density at radius 1 is 0.905 bits per heavy atom. The Hall–Kier alpha value is -1.32. The molecule has 0 aromatic rings. The fourth-order valence-electron chi connectivity index (χ4n) is 1.86. The first-order valence-electron chi connectivity index (χ1n) is 8.15. The van der Waals surface area contributed by atoms with Crippen molar-refractivity contribution < 1.29 is 19.1 Å². The van der Waals surface area contributed by atoms with E-state index in [0.29, 0.717) is 19.1 Å². The van der Waals surface area contributed by atoms with Crippen molar-refractivity contribution in [3.63, 3.8) is 0 Å². The summed E-state index contributed by atoms with van der Waals surface area (Å²) in [7, 11) is 0. The van der Waals surface area contributed by atoms with Gasteiger partial charge in [0.05, 0.1) is 13.2 Å². The van der Waals surface area contributed by atoms with Gasteiger partial charge in [-0.1, -0.05) is 52.9 Å². The van der Waals surface area contributed by atoms with Crippen LogP contribution in [0.4, 0.5) is 0 Å². The van der Waals surface area contributed by atoms with Crippen LogP contribution in [-0.2, 0) is 19.1 Å². The average molecular weight is 298 g/mol. The summed E-state index contributed by atoms with van der Waals surface area (Å²) in [5, 5.41) is 0. The summed E-state index contributed by atoms with van der Waals surface area (Å²) < 4.78 is 10.1. The summed E-state index contributed by atoms with van der Waals surface area (Å²) in [6.45, 7) is 7.15. The van der Waals surface area contributed by atoms with E-state index in [1.54, 1.807) is 0 Å². The van der Waals surface area contributed by atoms with Crippen LogP contribution in [0.1, 0.15) is 65.7 Å². The van der Waals surface area contributed by atoms with Crippen LogP contribution in [0.25, 0.3) is 0 Å². The van der Waals surface area contributed by atoms with Crippen molar-refractivity contribution in [3.8, 4) is 0 Å². The van der Waals surface area contributed by atoms with Crippen molar-refractivity contribution >= 4 is 11.9 Å². The second-order valence-electron chi connectivity index (χ2n) is 5.25. The van der Waals surface area contributed by atoms with E-state index in [9.17, 15) is 9.59 Å². The highest BCUT2D eigenvalue weighted by molar-refractivity contribution is 5.91. The number of carbonyl (C=O) groups is 2. The molecule has 0 spiro atoms. The third-order valence-corrected chi connectivity index (χ3v) is 3.35. The molecule has 0 bridgehead atoms. The zero-order valence-electron chi connectivity index (χ0n) is 13.7. The predicted octanol–water partition coefficient (Wildman–Crippen LogP) is 4.04. The molecule has 0 aromatic heterocycles. The molecule has 0 fully saturated rings. The first-order valence-corrected chi connectivity index (χ1v) is 8.15. The van der Waals surface area contributed by atoms with E-state index < -0.39 is 11.9 Å². The van der Waals surface area contributed by atoms with Crippen LogP contribution in [0, 0.1) is 5.92 Å². The quantitative estimate of drug-likeness (QED) is 0.310. The molecule has 0 radical (unpaired) electrons. The van der Waals surface area contributed by atoms with Gasteiger partial charge in [-0.25, -0.2) is 9.59 Å². The van der Waals surface area contributed by atoms with Gasteiger partial charge in [0.2, 0.25) is 0 Å². The molecular formula is C17H30O4. The van der Waals surface area contributed by atoms with Gasteiger partial charge in [-0.3, -0.25) is 0 Å². The Morgan fingerprint density at radius 2 is 1.52 bits per heavy atom. The van der Waals surface area contributed by atoms with E-state index in [0.717, 1.165) is 57.1 Å². The molecule has 21 heavy (non-hydrogen) atoms. The number of rotatable bonds is 12. The number of hydrogen-bond acceptors (Lipinski definition) is 4. The van der Waals surface area contributed by atoms with Gasteiger partial charge >= 0.3 is 11.9 Å². The zero-order chi connectivity index (χ0) is 15.9. The van der Waals surface area contributed by atoms with Gasteiger partial charge in [0.15, 0.2) is 0 Å². The van der Waals surface area contributed by atoms with Crippen molar-refractivity contribution in [2.45, 2.75) is 65.7 Å². The standard InChI is InChI=1S/C17H30O4/c1-4-7-9-13-20-16(18)11-12-17(19)21-14-15(6-3)10-8-5-2/h11-12,15H,4-10,13-14H2,1-3H3/b12-11+. The highest BCUT2D eigenvalue weighted by Crippen LogP contribution is 2.12. The zero-order valence-corrected chi connectivity index (χ0v) is 13.7. The fraction of sp³-hybridized carbons (Fsp3) is 0.765. The molecule has 0 aliphatic rings. The Morgan fingerprint density at radius 3 is 2.10 bits per heavy atom. The molecule has 0 rings (SSSR count). The Balaban J connectivity index is 3.85. The van der Waals surface area contributed by atoms with Crippen LogP contribution in [0.2, 0.25) is 0 Å². The van der Waals surface area contributed by atoms with Crippen LogP contribution in [-0.4, -0.2) is 25.2 Å². The summed E-state index contributed by atoms with van der Waals surface area (Å²) in [5.74, 6) is -0.556. The van der Waals surface area contributed by atoms with E-state index in [1.165, 1.54) is 0 Å². The number of unbranched alkanes of at least 4 members (excludes halogenated alkanes) is 3.